The fraction of sp³-hybridized carbons (Fsp3) is 0.471. The summed E-state index contributed by atoms with van der Waals surface area (Å²) in [6, 6.07) is 5.72. The third-order valence-corrected chi connectivity index (χ3v) is 6.34. The van der Waals surface area contributed by atoms with Crippen LogP contribution >= 0.6 is 11.3 Å². The van der Waals surface area contributed by atoms with Gasteiger partial charge in [0.2, 0.25) is 0 Å². The summed E-state index contributed by atoms with van der Waals surface area (Å²) < 4.78 is 48.5. The van der Waals surface area contributed by atoms with Gasteiger partial charge in [-0.05, 0) is 43.5 Å². The zero-order valence-electron chi connectivity index (χ0n) is 13.7. The molecule has 0 N–H and O–H groups in total. The summed E-state index contributed by atoms with van der Waals surface area (Å²) in [5.74, 6) is 0.183. The maximum Gasteiger partial charge on any atom is 0.158 e. The molecule has 2 heterocycles. The van der Waals surface area contributed by atoms with E-state index in [1.807, 2.05) is 0 Å². The smallest absolute Gasteiger partial charge is 0.158 e. The van der Waals surface area contributed by atoms with Crippen LogP contribution in [-0.2, 0) is 26.9 Å². The molecular weight excluding hydrogens is 365 g/mol. The molecule has 0 bridgehead atoms. The summed E-state index contributed by atoms with van der Waals surface area (Å²) in [6.45, 7) is 0.865. The molecule has 1 atom stereocenters. The molecule has 0 saturated carbocycles. The first-order valence-corrected chi connectivity index (χ1v) is 10.8. The quantitative estimate of drug-likeness (QED) is 0.731. The first kappa shape index (κ1) is 18.3. The zero-order valence-corrected chi connectivity index (χ0v) is 15.3. The fourth-order valence-electron chi connectivity index (χ4n) is 2.66. The molecule has 1 aromatic carbocycles. The van der Waals surface area contributed by atoms with E-state index in [9.17, 15) is 12.8 Å². The van der Waals surface area contributed by atoms with Crippen LogP contribution in [0.3, 0.4) is 0 Å². The van der Waals surface area contributed by atoms with Crippen molar-refractivity contribution >= 4 is 21.2 Å². The van der Waals surface area contributed by atoms with Crippen LogP contribution in [0.1, 0.15) is 30.0 Å². The van der Waals surface area contributed by atoms with Crippen molar-refractivity contribution in [3.63, 3.8) is 0 Å². The highest BCUT2D eigenvalue weighted by molar-refractivity contribution is 7.90. The summed E-state index contributed by atoms with van der Waals surface area (Å²) in [6.07, 6.45) is 2.62. The van der Waals surface area contributed by atoms with Crippen molar-refractivity contribution < 1.29 is 22.3 Å². The van der Waals surface area contributed by atoms with Gasteiger partial charge in [-0.1, -0.05) is 0 Å². The Kier molecular flexibility index (Phi) is 6.03. The molecule has 5 nitrogen and oxygen atoms in total. The first-order valence-electron chi connectivity index (χ1n) is 8.14. The predicted octanol–water partition coefficient (Wildman–Crippen LogP) is 3.35. The van der Waals surface area contributed by atoms with E-state index in [2.05, 4.69) is 4.98 Å². The van der Waals surface area contributed by atoms with Crippen LogP contribution in [0.4, 0.5) is 4.39 Å². The van der Waals surface area contributed by atoms with Crippen LogP contribution in [-0.4, -0.2) is 31.9 Å². The molecule has 2 aromatic rings. The van der Waals surface area contributed by atoms with Crippen molar-refractivity contribution in [3.8, 4) is 5.75 Å². The number of rotatable bonds is 7. The number of benzene rings is 1. The SMILES string of the molecule is O=S(=O)(Cc1csc(COc2ccc(F)cc2)n1)CC1CCCCO1. The third-order valence-electron chi connectivity index (χ3n) is 3.86. The molecule has 1 aromatic heterocycles. The number of hydrogen-bond donors (Lipinski definition) is 0. The highest BCUT2D eigenvalue weighted by Gasteiger charge is 2.23. The van der Waals surface area contributed by atoms with Crippen LogP contribution in [0, 0.1) is 5.82 Å². The van der Waals surface area contributed by atoms with E-state index < -0.39 is 9.84 Å². The largest absolute Gasteiger partial charge is 0.486 e. The lowest BCUT2D eigenvalue weighted by Gasteiger charge is -2.22. The molecule has 1 saturated heterocycles. The lowest BCUT2D eigenvalue weighted by molar-refractivity contribution is 0.0305. The highest BCUT2D eigenvalue weighted by Crippen LogP contribution is 2.19. The number of nitrogens with zero attached hydrogens (tertiary/aromatic N) is 1. The van der Waals surface area contributed by atoms with Gasteiger partial charge in [0.15, 0.2) is 9.84 Å². The summed E-state index contributed by atoms with van der Waals surface area (Å²) in [7, 11) is -3.26. The van der Waals surface area contributed by atoms with Gasteiger partial charge in [-0.15, -0.1) is 11.3 Å². The van der Waals surface area contributed by atoms with Crippen LogP contribution in [0.25, 0.3) is 0 Å². The second kappa shape index (κ2) is 8.25. The molecule has 0 spiro atoms. The summed E-state index contributed by atoms with van der Waals surface area (Å²) in [5.41, 5.74) is 0.526. The molecule has 0 radical (unpaired) electrons. The first-order chi connectivity index (χ1) is 12.0. The van der Waals surface area contributed by atoms with Gasteiger partial charge < -0.3 is 9.47 Å². The molecule has 136 valence electrons. The highest BCUT2D eigenvalue weighted by atomic mass is 32.2. The monoisotopic (exact) mass is 385 g/mol. The van der Waals surface area contributed by atoms with Gasteiger partial charge in [0.1, 0.15) is 23.2 Å². The van der Waals surface area contributed by atoms with E-state index in [0.29, 0.717) is 23.1 Å². The van der Waals surface area contributed by atoms with E-state index in [1.54, 1.807) is 17.5 Å². The Labute approximate surface area is 150 Å². The Morgan fingerprint density at radius 3 is 2.80 bits per heavy atom. The second-order valence-corrected chi connectivity index (χ2v) is 9.07. The maximum atomic E-state index is 12.8. The summed E-state index contributed by atoms with van der Waals surface area (Å²) in [5, 5.41) is 2.42. The van der Waals surface area contributed by atoms with Crippen LogP contribution < -0.4 is 4.74 Å². The van der Waals surface area contributed by atoms with E-state index in [-0.39, 0.29) is 30.0 Å². The molecule has 3 rings (SSSR count). The number of ether oxygens (including phenoxy) is 2. The second-order valence-electron chi connectivity index (χ2n) is 6.02. The Hall–Kier alpha value is -1.51. The van der Waals surface area contributed by atoms with Gasteiger partial charge in [-0.3, -0.25) is 0 Å². The normalized spacial score (nSPS) is 18.2. The van der Waals surface area contributed by atoms with Gasteiger partial charge in [-0.25, -0.2) is 17.8 Å². The van der Waals surface area contributed by atoms with Crippen molar-refractivity contribution in [2.45, 2.75) is 37.7 Å². The van der Waals surface area contributed by atoms with Gasteiger partial charge in [-0.2, -0.15) is 0 Å². The number of aromatic nitrogens is 1. The maximum absolute atomic E-state index is 12.8. The molecule has 1 aliphatic heterocycles. The van der Waals surface area contributed by atoms with E-state index >= 15 is 0 Å². The number of halogens is 1. The predicted molar refractivity (Wildman–Crippen MR) is 93.9 cm³/mol. The Balaban J connectivity index is 1.52. The average molecular weight is 385 g/mol. The van der Waals surface area contributed by atoms with Crippen molar-refractivity contribution in [1.82, 2.24) is 4.98 Å². The van der Waals surface area contributed by atoms with E-state index in [4.69, 9.17) is 9.47 Å². The van der Waals surface area contributed by atoms with Crippen molar-refractivity contribution in [2.75, 3.05) is 12.4 Å². The lowest BCUT2D eigenvalue weighted by Crippen LogP contribution is -2.28. The minimum Gasteiger partial charge on any atom is -0.486 e. The molecule has 0 amide bonds. The average Bonchev–Trinajstić information content (AvgIpc) is 3.01. The van der Waals surface area contributed by atoms with E-state index in [0.717, 1.165) is 19.3 Å². The van der Waals surface area contributed by atoms with Gasteiger partial charge in [0.05, 0.1) is 23.3 Å². The van der Waals surface area contributed by atoms with Crippen LogP contribution in [0.15, 0.2) is 29.6 Å². The van der Waals surface area contributed by atoms with Crippen molar-refractivity contribution in [3.05, 3.63) is 46.2 Å². The fourth-order valence-corrected chi connectivity index (χ4v) is 5.02. The van der Waals surface area contributed by atoms with Gasteiger partial charge >= 0.3 is 0 Å². The molecular formula is C17H20FNO4S2. The van der Waals surface area contributed by atoms with Gasteiger partial charge in [0, 0.05) is 12.0 Å². The van der Waals surface area contributed by atoms with Crippen molar-refractivity contribution in [1.29, 1.82) is 0 Å². The number of sulfone groups is 1. The molecule has 1 aliphatic rings. The minimum atomic E-state index is -3.26. The van der Waals surface area contributed by atoms with E-state index in [1.165, 1.54) is 23.5 Å². The Morgan fingerprint density at radius 1 is 1.28 bits per heavy atom. The lowest BCUT2D eigenvalue weighted by atomic mass is 10.1. The molecule has 25 heavy (non-hydrogen) atoms. The molecule has 8 heteroatoms. The molecule has 1 unspecified atom stereocenters. The molecule has 0 aliphatic carbocycles. The third kappa shape index (κ3) is 5.76. The Morgan fingerprint density at radius 2 is 2.08 bits per heavy atom. The number of thiazole rings is 1. The summed E-state index contributed by atoms with van der Waals surface area (Å²) in [4.78, 5) is 4.32. The Bertz CT molecular complexity index is 783. The zero-order chi connectivity index (χ0) is 17.7. The molecule has 1 fully saturated rings. The van der Waals surface area contributed by atoms with Crippen molar-refractivity contribution in [2.24, 2.45) is 0 Å². The van der Waals surface area contributed by atoms with Gasteiger partial charge in [0.25, 0.3) is 0 Å². The topological polar surface area (TPSA) is 65.5 Å². The standard InChI is InChI=1S/C17H20FNO4S2/c18-13-4-6-15(7-5-13)23-9-17-19-14(10-24-17)11-25(20,21)12-16-3-1-2-8-22-16/h4-7,10,16H,1-3,8-9,11-12H2. The minimum absolute atomic E-state index is 0.0476. The van der Waals surface area contributed by atoms with Crippen LogP contribution in [0.2, 0.25) is 0 Å². The summed E-state index contributed by atoms with van der Waals surface area (Å²) >= 11 is 1.35. The van der Waals surface area contributed by atoms with Crippen LogP contribution in [0.5, 0.6) is 5.75 Å². The number of hydrogen-bond acceptors (Lipinski definition) is 6.